The molecule has 0 radical (unpaired) electrons. The third kappa shape index (κ3) is 5.00. The van der Waals surface area contributed by atoms with Gasteiger partial charge in [-0.2, -0.15) is 0 Å². The number of aryl methyl sites for hydroxylation is 1. The number of hydrogen-bond donors (Lipinski definition) is 0. The lowest BCUT2D eigenvalue weighted by molar-refractivity contribution is -0.190. The Morgan fingerprint density at radius 3 is 2.66 bits per heavy atom. The first-order valence-corrected chi connectivity index (χ1v) is 17.0. The molecule has 0 N–H and O–H groups in total. The molecule has 0 amide bonds. The lowest BCUT2D eigenvalue weighted by atomic mass is 10.0. The highest BCUT2D eigenvalue weighted by Gasteiger charge is 2.58. The molecule has 0 aliphatic carbocycles. The SMILES string of the molecule is Cc1ncnc2c1ccn2[C@@H]1OC(C(=O)c2sc(Cl)cc2CCO[Si](C)(C)C(C)(C)C)[C@H]2OC(C)(C)O[C@H]21. The number of halogens is 1. The summed E-state index contributed by atoms with van der Waals surface area (Å²) in [5, 5.41) is 1.04. The van der Waals surface area contributed by atoms with Crippen molar-refractivity contribution in [1.82, 2.24) is 14.5 Å². The Morgan fingerprint density at radius 2 is 1.95 bits per heavy atom. The Bertz CT molecular complexity index is 1360. The summed E-state index contributed by atoms with van der Waals surface area (Å²) >= 11 is 7.70. The fourth-order valence-corrected chi connectivity index (χ4v) is 7.18. The average Bonchev–Trinajstić information content (AvgIpc) is 3.54. The van der Waals surface area contributed by atoms with E-state index in [1.54, 1.807) is 0 Å². The summed E-state index contributed by atoms with van der Waals surface area (Å²) in [6.07, 6.45) is 1.56. The van der Waals surface area contributed by atoms with Crippen LogP contribution in [0.15, 0.2) is 24.7 Å². The van der Waals surface area contributed by atoms with Crippen molar-refractivity contribution in [1.29, 1.82) is 0 Å². The Balaban J connectivity index is 1.41. The maximum atomic E-state index is 14.0. The zero-order valence-electron chi connectivity index (χ0n) is 23.2. The van der Waals surface area contributed by atoms with Crippen LogP contribution in [0.4, 0.5) is 0 Å². The predicted molar refractivity (Wildman–Crippen MR) is 151 cm³/mol. The van der Waals surface area contributed by atoms with Crippen LogP contribution in [0.3, 0.4) is 0 Å². The van der Waals surface area contributed by atoms with Crippen molar-refractivity contribution in [2.45, 2.75) is 96.4 Å². The van der Waals surface area contributed by atoms with E-state index in [1.807, 2.05) is 43.7 Å². The number of Topliss-reactive ketones (excluding diaryl/α,β-unsaturated/α-hetero) is 1. The number of aromatic nitrogens is 3. The summed E-state index contributed by atoms with van der Waals surface area (Å²) in [5.74, 6) is -0.998. The molecule has 38 heavy (non-hydrogen) atoms. The van der Waals surface area contributed by atoms with Gasteiger partial charge < -0.3 is 23.2 Å². The Morgan fingerprint density at radius 1 is 1.24 bits per heavy atom. The van der Waals surface area contributed by atoms with Crippen LogP contribution in [-0.4, -0.2) is 59.3 Å². The number of rotatable bonds is 7. The van der Waals surface area contributed by atoms with Gasteiger partial charge in [0.25, 0.3) is 0 Å². The van der Waals surface area contributed by atoms with Gasteiger partial charge in [0.1, 0.15) is 24.2 Å². The molecule has 2 fully saturated rings. The van der Waals surface area contributed by atoms with Gasteiger partial charge in [0, 0.05) is 18.2 Å². The van der Waals surface area contributed by atoms with Gasteiger partial charge in [-0.15, -0.1) is 11.3 Å². The maximum Gasteiger partial charge on any atom is 0.204 e. The van der Waals surface area contributed by atoms with Crippen LogP contribution in [0.25, 0.3) is 11.0 Å². The van der Waals surface area contributed by atoms with Gasteiger partial charge in [0.2, 0.25) is 5.78 Å². The van der Waals surface area contributed by atoms with E-state index >= 15 is 0 Å². The first-order chi connectivity index (χ1) is 17.7. The van der Waals surface area contributed by atoms with Crippen molar-refractivity contribution in [3.63, 3.8) is 0 Å². The standard InChI is InChI=1S/C27H36ClN3O5SSi/c1-15-17-9-11-31(24(17)30-14-29-15)25-22-21(35-27(5,6)36-22)20(34-25)19(32)23-16(13-18(28)37-23)10-12-33-38(7,8)26(2,3)4/h9,11,13-14,20-22,25H,10,12H2,1-8H3/t20?,21-,22-,25-/m1/s1. The van der Waals surface area contributed by atoms with E-state index in [0.29, 0.717) is 22.2 Å². The van der Waals surface area contributed by atoms with Crippen molar-refractivity contribution in [2.24, 2.45) is 0 Å². The number of ether oxygens (including phenoxy) is 3. The van der Waals surface area contributed by atoms with E-state index in [2.05, 4.69) is 43.8 Å². The Kier molecular flexibility index (Phi) is 7.16. The number of thiophene rings is 1. The number of ketones is 1. The quantitative estimate of drug-likeness (QED) is 0.240. The normalized spacial score (nSPS) is 25.3. The molecule has 5 rings (SSSR count). The van der Waals surface area contributed by atoms with Crippen LogP contribution in [0.2, 0.25) is 22.5 Å². The highest BCUT2D eigenvalue weighted by molar-refractivity contribution is 7.18. The number of carbonyl (C=O) groups is 1. The number of nitrogens with zero attached hydrogens (tertiary/aromatic N) is 3. The fraction of sp³-hybridized carbons (Fsp3) is 0.593. The lowest BCUT2D eigenvalue weighted by Crippen LogP contribution is -2.41. The molecule has 1 unspecified atom stereocenters. The van der Waals surface area contributed by atoms with Gasteiger partial charge in [0.15, 0.2) is 26.4 Å². The minimum Gasteiger partial charge on any atom is -0.416 e. The van der Waals surface area contributed by atoms with Crippen LogP contribution < -0.4 is 0 Å². The van der Waals surface area contributed by atoms with Crippen LogP contribution in [-0.2, 0) is 25.1 Å². The number of fused-ring (bicyclic) bond motifs is 2. The lowest BCUT2D eigenvalue weighted by Gasteiger charge is -2.36. The van der Waals surface area contributed by atoms with E-state index in [0.717, 1.165) is 22.3 Å². The van der Waals surface area contributed by atoms with Crippen molar-refractivity contribution < 1.29 is 23.4 Å². The van der Waals surface area contributed by atoms with Crippen LogP contribution in [0.5, 0.6) is 0 Å². The molecule has 206 valence electrons. The average molecular weight is 578 g/mol. The van der Waals surface area contributed by atoms with Gasteiger partial charge >= 0.3 is 0 Å². The van der Waals surface area contributed by atoms with Gasteiger partial charge in [-0.25, -0.2) is 9.97 Å². The summed E-state index contributed by atoms with van der Waals surface area (Å²) in [5.41, 5.74) is 2.48. The van der Waals surface area contributed by atoms with Crippen molar-refractivity contribution >= 4 is 48.1 Å². The molecular formula is C27H36ClN3O5SSi. The van der Waals surface area contributed by atoms with E-state index in [4.69, 9.17) is 30.2 Å². The van der Waals surface area contributed by atoms with E-state index in [9.17, 15) is 4.79 Å². The second-order valence-corrected chi connectivity index (χ2v) is 18.6. The van der Waals surface area contributed by atoms with E-state index in [1.165, 1.54) is 17.7 Å². The first kappa shape index (κ1) is 27.9. The second kappa shape index (κ2) is 9.76. The van der Waals surface area contributed by atoms with Crippen molar-refractivity contribution in [2.75, 3.05) is 6.61 Å². The van der Waals surface area contributed by atoms with Gasteiger partial charge in [-0.05, 0) is 63.0 Å². The van der Waals surface area contributed by atoms with Gasteiger partial charge in [-0.1, -0.05) is 32.4 Å². The summed E-state index contributed by atoms with van der Waals surface area (Å²) in [6, 6.07) is 3.83. The molecule has 8 nitrogen and oxygen atoms in total. The molecule has 2 aliphatic heterocycles. The Hall–Kier alpha value is -1.66. The predicted octanol–water partition coefficient (Wildman–Crippen LogP) is 6.32. The van der Waals surface area contributed by atoms with Crippen LogP contribution in [0, 0.1) is 6.92 Å². The molecular weight excluding hydrogens is 542 g/mol. The molecule has 0 bridgehead atoms. The van der Waals surface area contributed by atoms with Crippen molar-refractivity contribution in [3.8, 4) is 0 Å². The highest BCUT2D eigenvalue weighted by atomic mass is 35.5. The molecule has 2 saturated heterocycles. The third-order valence-corrected chi connectivity index (χ3v) is 13.8. The Labute approximate surface area is 233 Å². The molecule has 0 spiro atoms. The van der Waals surface area contributed by atoms with Gasteiger partial charge in [0.05, 0.1) is 14.9 Å². The molecule has 0 saturated carbocycles. The zero-order chi connectivity index (χ0) is 27.6. The maximum absolute atomic E-state index is 14.0. The number of carbonyl (C=O) groups excluding carboxylic acids is 1. The first-order valence-electron chi connectivity index (χ1n) is 12.9. The summed E-state index contributed by atoms with van der Waals surface area (Å²) < 4.78 is 27.8. The monoisotopic (exact) mass is 577 g/mol. The molecule has 5 heterocycles. The van der Waals surface area contributed by atoms with Crippen LogP contribution in [0.1, 0.15) is 61.8 Å². The third-order valence-electron chi connectivity index (χ3n) is 7.91. The van der Waals surface area contributed by atoms with E-state index < -0.39 is 38.6 Å². The molecule has 3 aromatic heterocycles. The topological polar surface area (TPSA) is 84.7 Å². The molecule has 3 aromatic rings. The minimum atomic E-state index is -1.91. The minimum absolute atomic E-state index is 0.109. The fourth-order valence-electron chi connectivity index (χ4n) is 4.87. The highest BCUT2D eigenvalue weighted by Crippen LogP contribution is 2.46. The van der Waals surface area contributed by atoms with Gasteiger partial charge in [-0.3, -0.25) is 4.79 Å². The van der Waals surface area contributed by atoms with Crippen LogP contribution >= 0.6 is 22.9 Å². The summed E-state index contributed by atoms with van der Waals surface area (Å²) in [4.78, 5) is 23.4. The molecule has 4 atom stereocenters. The number of hydrogen-bond acceptors (Lipinski definition) is 8. The smallest absolute Gasteiger partial charge is 0.204 e. The molecule has 11 heteroatoms. The largest absolute Gasteiger partial charge is 0.416 e. The zero-order valence-corrected chi connectivity index (χ0v) is 25.8. The second-order valence-electron chi connectivity index (χ2n) is 12.1. The van der Waals surface area contributed by atoms with Crippen molar-refractivity contribution in [3.05, 3.63) is 45.1 Å². The van der Waals surface area contributed by atoms with E-state index in [-0.39, 0.29) is 10.8 Å². The summed E-state index contributed by atoms with van der Waals surface area (Å²) in [7, 11) is -1.91. The summed E-state index contributed by atoms with van der Waals surface area (Å²) in [6.45, 7) is 17.3. The molecule has 0 aromatic carbocycles. The molecule has 2 aliphatic rings.